The van der Waals surface area contributed by atoms with E-state index >= 15 is 0 Å². The maximum absolute atomic E-state index is 11.2. The summed E-state index contributed by atoms with van der Waals surface area (Å²) in [5.74, 6) is -0.368. The number of rotatable bonds is 7. The molecule has 180 valence electrons. The summed E-state index contributed by atoms with van der Waals surface area (Å²) in [5, 5.41) is 78.6. The molecule has 32 heavy (non-hydrogen) atoms. The Kier molecular flexibility index (Phi) is 8.00. The average Bonchev–Trinajstić information content (AvgIpc) is 2.80. The Balaban J connectivity index is 1.85. The monoisotopic (exact) mass is 462 g/mol. The molecule has 13 heteroatoms. The highest BCUT2D eigenvalue weighted by Crippen LogP contribution is 2.34. The van der Waals surface area contributed by atoms with Gasteiger partial charge >= 0.3 is 0 Å². The first kappa shape index (κ1) is 24.7. The quantitative estimate of drug-likeness (QED) is 0.181. The van der Waals surface area contributed by atoms with Crippen LogP contribution in [0, 0.1) is 0 Å². The van der Waals surface area contributed by atoms with Gasteiger partial charge in [-0.15, -0.1) is 0 Å². The van der Waals surface area contributed by atoms with Gasteiger partial charge in [0, 0.05) is 5.56 Å². The summed E-state index contributed by atoms with van der Waals surface area (Å²) in [4.78, 5) is 11.2. The van der Waals surface area contributed by atoms with Gasteiger partial charge in [0.25, 0.3) is 0 Å². The zero-order valence-corrected chi connectivity index (χ0v) is 16.6. The van der Waals surface area contributed by atoms with Gasteiger partial charge in [0.05, 0.1) is 13.2 Å². The molecule has 2 aliphatic rings. The molecule has 1 aromatic rings. The Morgan fingerprint density at radius 3 is 1.62 bits per heavy atom. The number of aldehydes is 1. The Labute approximate surface area is 181 Å². The molecule has 0 amide bonds. The second-order valence-electron chi connectivity index (χ2n) is 7.45. The van der Waals surface area contributed by atoms with Gasteiger partial charge in [0.2, 0.25) is 12.6 Å². The molecule has 0 aliphatic carbocycles. The first-order valence-corrected chi connectivity index (χ1v) is 9.75. The molecule has 0 bridgehead atoms. The average molecular weight is 462 g/mol. The number of aliphatic hydroxyl groups is 8. The van der Waals surface area contributed by atoms with Crippen molar-refractivity contribution in [2.75, 3.05) is 13.2 Å². The van der Waals surface area contributed by atoms with Crippen LogP contribution in [-0.4, -0.2) is 122 Å². The van der Waals surface area contributed by atoms with E-state index in [-0.39, 0.29) is 17.1 Å². The van der Waals surface area contributed by atoms with E-state index in [0.29, 0.717) is 6.29 Å². The Morgan fingerprint density at radius 2 is 1.19 bits per heavy atom. The molecule has 1 aromatic carbocycles. The number of benzene rings is 1. The van der Waals surface area contributed by atoms with E-state index in [4.69, 9.17) is 18.9 Å². The molecule has 0 saturated carbocycles. The van der Waals surface area contributed by atoms with Crippen LogP contribution in [0.5, 0.6) is 11.5 Å². The SMILES string of the molecule is O=Cc1ccc(OC2O[C@H](CO)[C@@H](O)[C@H](O)[C@H]2O)c(OC2O[C@H](CO)[C@@H](O)[C@H](O)[C@H]2O)c1. The van der Waals surface area contributed by atoms with Gasteiger partial charge in [-0.1, -0.05) is 0 Å². The van der Waals surface area contributed by atoms with Crippen molar-refractivity contribution >= 4 is 6.29 Å². The van der Waals surface area contributed by atoms with E-state index < -0.39 is 74.6 Å². The van der Waals surface area contributed by atoms with Crippen molar-refractivity contribution in [3.8, 4) is 11.5 Å². The fraction of sp³-hybridized carbons (Fsp3) is 0.632. The van der Waals surface area contributed by atoms with Gasteiger partial charge in [0.15, 0.2) is 11.5 Å². The number of hydrogen-bond donors (Lipinski definition) is 8. The van der Waals surface area contributed by atoms with Crippen LogP contribution in [0.4, 0.5) is 0 Å². The zero-order chi connectivity index (χ0) is 23.6. The first-order valence-electron chi connectivity index (χ1n) is 9.75. The lowest BCUT2D eigenvalue weighted by molar-refractivity contribution is -0.282. The third-order valence-electron chi connectivity index (χ3n) is 5.29. The first-order chi connectivity index (χ1) is 15.2. The molecular formula is C19H26O13. The van der Waals surface area contributed by atoms with Gasteiger partial charge in [-0.2, -0.15) is 0 Å². The smallest absolute Gasteiger partial charge is 0.229 e. The molecule has 3 rings (SSSR count). The van der Waals surface area contributed by atoms with Crippen LogP contribution in [0.2, 0.25) is 0 Å². The van der Waals surface area contributed by atoms with Crippen molar-refractivity contribution in [3.05, 3.63) is 23.8 Å². The topological polar surface area (TPSA) is 216 Å². The standard InChI is InChI=1S/C19H26O13/c20-4-7-1-2-8(29-18-16(27)14(25)12(23)10(5-21)31-18)9(3-7)30-19-17(28)15(26)13(24)11(6-22)32-19/h1-4,10-19,21-28H,5-6H2/t10-,11-,12-,13-,14+,15+,16-,17-,18?,19?/m1/s1. The second kappa shape index (κ2) is 10.4. The number of hydrogen-bond acceptors (Lipinski definition) is 13. The van der Waals surface area contributed by atoms with Crippen molar-refractivity contribution in [1.29, 1.82) is 0 Å². The van der Waals surface area contributed by atoms with E-state index in [1.165, 1.54) is 18.2 Å². The summed E-state index contributed by atoms with van der Waals surface area (Å²) in [6.45, 7) is -1.36. The minimum atomic E-state index is -1.74. The maximum Gasteiger partial charge on any atom is 0.229 e. The predicted molar refractivity (Wildman–Crippen MR) is 101 cm³/mol. The van der Waals surface area contributed by atoms with Crippen LogP contribution in [0.15, 0.2) is 18.2 Å². The summed E-state index contributed by atoms with van der Waals surface area (Å²) in [7, 11) is 0. The largest absolute Gasteiger partial charge is 0.458 e. The van der Waals surface area contributed by atoms with E-state index in [1.807, 2.05) is 0 Å². The molecule has 2 fully saturated rings. The Morgan fingerprint density at radius 1 is 0.719 bits per heavy atom. The number of ether oxygens (including phenoxy) is 4. The summed E-state index contributed by atoms with van der Waals surface area (Å²) in [6, 6.07) is 3.77. The number of carbonyl (C=O) groups is 1. The lowest BCUT2D eigenvalue weighted by Crippen LogP contribution is -2.60. The highest BCUT2D eigenvalue weighted by atomic mass is 16.7. The summed E-state index contributed by atoms with van der Waals surface area (Å²) in [6.07, 6.45) is -15.2. The van der Waals surface area contributed by atoms with Gasteiger partial charge in [-0.05, 0) is 18.2 Å². The highest BCUT2D eigenvalue weighted by molar-refractivity contribution is 5.76. The van der Waals surface area contributed by atoms with E-state index in [0.717, 1.165) is 0 Å². The summed E-state index contributed by atoms with van der Waals surface area (Å²) in [5.41, 5.74) is 0.116. The summed E-state index contributed by atoms with van der Waals surface area (Å²) < 4.78 is 21.6. The predicted octanol–water partition coefficient (Wildman–Crippen LogP) is -4.14. The molecule has 2 saturated heterocycles. The molecule has 10 atom stereocenters. The summed E-state index contributed by atoms with van der Waals surface area (Å²) >= 11 is 0. The Bertz CT molecular complexity index is 772. The number of carbonyl (C=O) groups excluding carboxylic acids is 1. The van der Waals surface area contributed by atoms with Crippen molar-refractivity contribution in [2.45, 2.75) is 61.4 Å². The van der Waals surface area contributed by atoms with Crippen LogP contribution in [-0.2, 0) is 9.47 Å². The fourth-order valence-electron chi connectivity index (χ4n) is 3.37. The van der Waals surface area contributed by atoms with Crippen molar-refractivity contribution in [3.63, 3.8) is 0 Å². The third kappa shape index (κ3) is 4.87. The van der Waals surface area contributed by atoms with Gasteiger partial charge in [-0.25, -0.2) is 0 Å². The molecule has 2 unspecified atom stereocenters. The van der Waals surface area contributed by atoms with Crippen LogP contribution in [0.25, 0.3) is 0 Å². The highest BCUT2D eigenvalue weighted by Gasteiger charge is 2.46. The Hall–Kier alpha value is -1.91. The van der Waals surface area contributed by atoms with E-state index in [9.17, 15) is 45.6 Å². The van der Waals surface area contributed by atoms with Crippen LogP contribution < -0.4 is 9.47 Å². The molecule has 2 aliphatic heterocycles. The number of aliphatic hydroxyl groups excluding tert-OH is 8. The van der Waals surface area contributed by atoms with Gasteiger partial charge < -0.3 is 59.8 Å². The van der Waals surface area contributed by atoms with Crippen molar-refractivity contribution in [2.24, 2.45) is 0 Å². The van der Waals surface area contributed by atoms with Crippen molar-refractivity contribution < 1.29 is 64.6 Å². The molecule has 0 spiro atoms. The second-order valence-corrected chi connectivity index (χ2v) is 7.45. The molecule has 8 N–H and O–H groups in total. The van der Waals surface area contributed by atoms with E-state index in [2.05, 4.69) is 0 Å². The van der Waals surface area contributed by atoms with Gasteiger partial charge in [-0.3, -0.25) is 4.79 Å². The molecule has 2 heterocycles. The normalized spacial score (nSPS) is 40.0. The molecule has 13 nitrogen and oxygen atoms in total. The lowest BCUT2D eigenvalue weighted by atomic mass is 9.99. The third-order valence-corrected chi connectivity index (χ3v) is 5.29. The maximum atomic E-state index is 11.2. The van der Waals surface area contributed by atoms with Crippen LogP contribution in [0.3, 0.4) is 0 Å². The van der Waals surface area contributed by atoms with Crippen LogP contribution >= 0.6 is 0 Å². The fourth-order valence-corrected chi connectivity index (χ4v) is 3.37. The molecular weight excluding hydrogens is 436 g/mol. The van der Waals surface area contributed by atoms with Crippen molar-refractivity contribution in [1.82, 2.24) is 0 Å². The van der Waals surface area contributed by atoms with Gasteiger partial charge in [0.1, 0.15) is 55.1 Å². The lowest BCUT2D eigenvalue weighted by Gasteiger charge is -2.40. The molecule has 0 aromatic heterocycles. The van der Waals surface area contributed by atoms with Crippen LogP contribution in [0.1, 0.15) is 10.4 Å². The minimum absolute atomic E-state index is 0.116. The minimum Gasteiger partial charge on any atom is -0.458 e. The molecule has 0 radical (unpaired) electrons. The van der Waals surface area contributed by atoms with E-state index in [1.54, 1.807) is 0 Å². The zero-order valence-electron chi connectivity index (χ0n) is 16.6.